The maximum absolute atomic E-state index is 11.6. The molecule has 0 heterocycles. The number of aliphatic hydroxyl groups excluding tert-OH is 1. The highest BCUT2D eigenvalue weighted by Crippen LogP contribution is 2.17. The van der Waals surface area contributed by atoms with Crippen LogP contribution in [0.2, 0.25) is 0 Å². The highest BCUT2D eigenvalue weighted by atomic mass is 32.2. The number of methoxy groups -OCH3 is 1. The summed E-state index contributed by atoms with van der Waals surface area (Å²) in [4.78, 5) is 0. The summed E-state index contributed by atoms with van der Waals surface area (Å²) in [7, 11) is -2.12. The number of ether oxygens (including phenoxy) is 1. The van der Waals surface area contributed by atoms with Gasteiger partial charge in [0.05, 0.1) is 18.4 Å². The summed E-state index contributed by atoms with van der Waals surface area (Å²) >= 11 is 0. The SMILES string of the molecule is COCCNS(=O)(=O)Nc1cccc(C(C)O)c1. The van der Waals surface area contributed by atoms with Crippen molar-refractivity contribution in [2.24, 2.45) is 0 Å². The van der Waals surface area contributed by atoms with Crippen LogP contribution in [0.3, 0.4) is 0 Å². The van der Waals surface area contributed by atoms with Crippen molar-refractivity contribution >= 4 is 15.9 Å². The van der Waals surface area contributed by atoms with E-state index in [0.717, 1.165) is 0 Å². The Hall–Kier alpha value is -1.15. The summed E-state index contributed by atoms with van der Waals surface area (Å²) in [6.45, 7) is 2.11. The topological polar surface area (TPSA) is 87.7 Å². The fraction of sp³-hybridized carbons (Fsp3) is 0.455. The van der Waals surface area contributed by atoms with Crippen LogP contribution in [0.5, 0.6) is 0 Å². The molecule has 0 aliphatic rings. The van der Waals surface area contributed by atoms with Crippen LogP contribution in [-0.2, 0) is 14.9 Å². The Morgan fingerprint density at radius 2 is 2.17 bits per heavy atom. The largest absolute Gasteiger partial charge is 0.389 e. The molecule has 0 saturated carbocycles. The molecule has 0 aliphatic heterocycles. The molecular formula is C11H18N2O4S. The summed E-state index contributed by atoms with van der Waals surface area (Å²) in [5, 5.41) is 9.41. The fourth-order valence-electron chi connectivity index (χ4n) is 1.33. The summed E-state index contributed by atoms with van der Waals surface area (Å²) in [5.41, 5.74) is 1.05. The number of aliphatic hydroxyl groups is 1. The molecule has 3 N–H and O–H groups in total. The van der Waals surface area contributed by atoms with Crippen molar-refractivity contribution in [1.82, 2.24) is 4.72 Å². The molecule has 7 heteroatoms. The van der Waals surface area contributed by atoms with Crippen LogP contribution in [0, 0.1) is 0 Å². The summed E-state index contributed by atoms with van der Waals surface area (Å²) in [6.07, 6.45) is -0.643. The minimum absolute atomic E-state index is 0.196. The predicted octanol–water partition coefficient (Wildman–Crippen LogP) is 0.633. The molecule has 0 saturated heterocycles. The van der Waals surface area contributed by atoms with E-state index in [1.807, 2.05) is 0 Å². The summed E-state index contributed by atoms with van der Waals surface area (Å²) in [5.74, 6) is 0. The highest BCUT2D eigenvalue weighted by Gasteiger charge is 2.09. The van der Waals surface area contributed by atoms with E-state index in [2.05, 4.69) is 9.44 Å². The van der Waals surface area contributed by atoms with E-state index < -0.39 is 16.3 Å². The normalized spacial score (nSPS) is 13.3. The molecule has 1 aromatic rings. The summed E-state index contributed by atoms with van der Waals surface area (Å²) < 4.78 is 32.7. The molecule has 1 rings (SSSR count). The molecule has 0 aromatic heterocycles. The second kappa shape index (κ2) is 6.69. The maximum atomic E-state index is 11.6. The van der Waals surface area contributed by atoms with Crippen molar-refractivity contribution in [3.63, 3.8) is 0 Å². The van der Waals surface area contributed by atoms with Gasteiger partial charge in [0.2, 0.25) is 0 Å². The first-order chi connectivity index (χ1) is 8.44. The van der Waals surface area contributed by atoms with E-state index in [0.29, 0.717) is 17.9 Å². The van der Waals surface area contributed by atoms with Crippen molar-refractivity contribution in [2.75, 3.05) is 25.0 Å². The van der Waals surface area contributed by atoms with Crippen LogP contribution in [0.1, 0.15) is 18.6 Å². The van der Waals surface area contributed by atoms with Gasteiger partial charge < -0.3 is 9.84 Å². The Kier molecular flexibility index (Phi) is 5.54. The number of benzene rings is 1. The zero-order valence-electron chi connectivity index (χ0n) is 10.4. The number of hydrogen-bond donors (Lipinski definition) is 3. The first-order valence-electron chi connectivity index (χ1n) is 5.49. The van der Waals surface area contributed by atoms with Crippen LogP contribution in [0.15, 0.2) is 24.3 Å². The van der Waals surface area contributed by atoms with Gasteiger partial charge in [0.25, 0.3) is 10.2 Å². The van der Waals surface area contributed by atoms with Gasteiger partial charge in [0, 0.05) is 13.7 Å². The molecule has 1 unspecified atom stereocenters. The monoisotopic (exact) mass is 274 g/mol. The molecule has 0 aliphatic carbocycles. The third-order valence-corrected chi connectivity index (χ3v) is 3.31. The van der Waals surface area contributed by atoms with Crippen LogP contribution in [-0.4, -0.2) is 33.8 Å². The van der Waals surface area contributed by atoms with Crippen molar-refractivity contribution < 1.29 is 18.3 Å². The molecule has 6 nitrogen and oxygen atoms in total. The second-order valence-corrected chi connectivity index (χ2v) is 5.29. The molecule has 0 spiro atoms. The van der Waals surface area contributed by atoms with Gasteiger partial charge in [-0.2, -0.15) is 13.1 Å². The highest BCUT2D eigenvalue weighted by molar-refractivity contribution is 7.90. The number of rotatable bonds is 7. The lowest BCUT2D eigenvalue weighted by atomic mass is 10.1. The maximum Gasteiger partial charge on any atom is 0.299 e. The predicted molar refractivity (Wildman–Crippen MR) is 69.5 cm³/mol. The van der Waals surface area contributed by atoms with E-state index >= 15 is 0 Å². The quantitative estimate of drug-likeness (QED) is 0.636. The second-order valence-electron chi connectivity index (χ2n) is 3.79. The van der Waals surface area contributed by atoms with Gasteiger partial charge in [-0.1, -0.05) is 12.1 Å². The standard InChI is InChI=1S/C11H18N2O4S/c1-9(14)10-4-3-5-11(8-10)13-18(15,16)12-6-7-17-2/h3-5,8-9,12-14H,6-7H2,1-2H3. The van der Waals surface area contributed by atoms with Crippen LogP contribution in [0.25, 0.3) is 0 Å². The first-order valence-corrected chi connectivity index (χ1v) is 6.97. The van der Waals surface area contributed by atoms with Crippen molar-refractivity contribution in [1.29, 1.82) is 0 Å². The molecule has 0 radical (unpaired) electrons. The smallest absolute Gasteiger partial charge is 0.299 e. The zero-order valence-corrected chi connectivity index (χ0v) is 11.2. The van der Waals surface area contributed by atoms with E-state index in [1.165, 1.54) is 7.11 Å². The third kappa shape index (κ3) is 5.01. The van der Waals surface area contributed by atoms with Gasteiger partial charge in [-0.15, -0.1) is 0 Å². The van der Waals surface area contributed by atoms with E-state index in [9.17, 15) is 13.5 Å². The number of hydrogen-bond acceptors (Lipinski definition) is 4. The molecular weight excluding hydrogens is 256 g/mol. The van der Waals surface area contributed by atoms with Crippen LogP contribution < -0.4 is 9.44 Å². The van der Waals surface area contributed by atoms with Gasteiger partial charge in [0.15, 0.2) is 0 Å². The van der Waals surface area contributed by atoms with Crippen molar-refractivity contribution in [3.8, 4) is 0 Å². The first kappa shape index (κ1) is 14.9. The van der Waals surface area contributed by atoms with E-state index in [4.69, 9.17) is 4.74 Å². The van der Waals surface area contributed by atoms with Crippen LogP contribution in [0.4, 0.5) is 5.69 Å². The lowest BCUT2D eigenvalue weighted by molar-refractivity contribution is 0.199. The average molecular weight is 274 g/mol. The molecule has 0 fully saturated rings. The Morgan fingerprint density at radius 3 is 2.78 bits per heavy atom. The van der Waals surface area contributed by atoms with Gasteiger partial charge in [0.1, 0.15) is 0 Å². The Labute approximate surface area is 107 Å². The Balaban J connectivity index is 2.69. The van der Waals surface area contributed by atoms with Gasteiger partial charge in [-0.25, -0.2) is 0 Å². The number of nitrogens with one attached hydrogen (secondary N) is 2. The van der Waals surface area contributed by atoms with E-state index in [-0.39, 0.29) is 6.54 Å². The Morgan fingerprint density at radius 1 is 1.44 bits per heavy atom. The van der Waals surface area contributed by atoms with Crippen molar-refractivity contribution in [2.45, 2.75) is 13.0 Å². The van der Waals surface area contributed by atoms with Gasteiger partial charge in [-0.3, -0.25) is 4.72 Å². The molecule has 1 atom stereocenters. The minimum Gasteiger partial charge on any atom is -0.389 e. The Bertz CT molecular complexity index is 474. The lowest BCUT2D eigenvalue weighted by Gasteiger charge is -2.11. The van der Waals surface area contributed by atoms with Crippen molar-refractivity contribution in [3.05, 3.63) is 29.8 Å². The molecule has 1 aromatic carbocycles. The lowest BCUT2D eigenvalue weighted by Crippen LogP contribution is -2.32. The fourth-order valence-corrected chi connectivity index (χ4v) is 2.19. The average Bonchev–Trinajstić information content (AvgIpc) is 2.28. The summed E-state index contributed by atoms with van der Waals surface area (Å²) in [6, 6.07) is 6.59. The minimum atomic E-state index is -3.61. The zero-order chi connectivity index (χ0) is 13.6. The molecule has 0 bridgehead atoms. The molecule has 18 heavy (non-hydrogen) atoms. The third-order valence-electron chi connectivity index (χ3n) is 2.22. The number of anilines is 1. The molecule has 0 amide bonds. The van der Waals surface area contributed by atoms with Gasteiger partial charge >= 0.3 is 0 Å². The molecule has 102 valence electrons. The van der Waals surface area contributed by atoms with E-state index in [1.54, 1.807) is 31.2 Å². The van der Waals surface area contributed by atoms with Crippen LogP contribution >= 0.6 is 0 Å². The van der Waals surface area contributed by atoms with Gasteiger partial charge in [-0.05, 0) is 24.6 Å².